The lowest BCUT2D eigenvalue weighted by Crippen LogP contribution is -2.26. The van der Waals surface area contributed by atoms with E-state index in [0.29, 0.717) is 17.4 Å². The van der Waals surface area contributed by atoms with Crippen molar-refractivity contribution in [3.8, 4) is 0 Å². The molecule has 1 fully saturated rings. The van der Waals surface area contributed by atoms with E-state index in [-0.39, 0.29) is 5.92 Å². The van der Waals surface area contributed by atoms with Crippen LogP contribution in [-0.4, -0.2) is 33.6 Å². The molecule has 1 atom stereocenters. The minimum Gasteiger partial charge on any atom is -0.478 e. The molecule has 1 saturated heterocycles. The van der Waals surface area contributed by atoms with Crippen molar-refractivity contribution in [2.75, 3.05) is 16.8 Å². The van der Waals surface area contributed by atoms with Crippen molar-refractivity contribution in [1.82, 2.24) is 4.98 Å². The van der Waals surface area contributed by atoms with Gasteiger partial charge >= 0.3 is 5.97 Å². The first-order valence-electron chi connectivity index (χ1n) is 6.66. The molecule has 2 N–H and O–H groups in total. The maximum atomic E-state index is 11.2. The summed E-state index contributed by atoms with van der Waals surface area (Å²) in [4.78, 5) is 15.7. The molecule has 0 spiro atoms. The van der Waals surface area contributed by atoms with Crippen molar-refractivity contribution in [3.05, 3.63) is 23.4 Å². The number of hydrogen-bond donors (Lipinski definition) is 2. The minimum atomic E-state index is -0.898. The summed E-state index contributed by atoms with van der Waals surface area (Å²) in [6, 6.07) is 3.69. The Hall–Kier alpha value is -1.23. The molecule has 1 unspecified atom stereocenters. The Morgan fingerprint density at radius 2 is 2.32 bits per heavy atom. The van der Waals surface area contributed by atoms with Gasteiger partial charge in [0.05, 0.1) is 5.56 Å². The van der Waals surface area contributed by atoms with Crippen molar-refractivity contribution in [1.29, 1.82) is 0 Å². The smallest absolute Gasteiger partial charge is 0.335 e. The fourth-order valence-corrected chi connectivity index (χ4v) is 3.18. The molecule has 4 nitrogen and oxygen atoms in total. The van der Waals surface area contributed by atoms with E-state index in [2.05, 4.69) is 10.3 Å². The number of nitrogens with one attached hydrogen (secondary N) is 1. The molecular weight excluding hydrogens is 260 g/mol. The van der Waals surface area contributed by atoms with Gasteiger partial charge in [0.15, 0.2) is 0 Å². The van der Waals surface area contributed by atoms with E-state index >= 15 is 0 Å². The van der Waals surface area contributed by atoms with Crippen LogP contribution in [0.2, 0.25) is 0 Å². The first-order chi connectivity index (χ1) is 9.06. The average molecular weight is 280 g/mol. The van der Waals surface area contributed by atoms with Gasteiger partial charge in [-0.1, -0.05) is 13.8 Å². The second-order valence-corrected chi connectivity index (χ2v) is 6.33. The van der Waals surface area contributed by atoms with E-state index in [4.69, 9.17) is 5.11 Å². The summed E-state index contributed by atoms with van der Waals surface area (Å²) in [5.41, 5.74) is 1.13. The lowest BCUT2D eigenvalue weighted by molar-refractivity contribution is 0.0696. The van der Waals surface area contributed by atoms with Crippen LogP contribution in [0.1, 0.15) is 48.7 Å². The molecule has 0 aromatic carbocycles. The van der Waals surface area contributed by atoms with Crippen molar-refractivity contribution in [2.24, 2.45) is 0 Å². The molecule has 0 bridgehead atoms. The zero-order valence-electron chi connectivity index (χ0n) is 11.3. The summed E-state index contributed by atoms with van der Waals surface area (Å²) in [5, 5.41) is 12.5. The van der Waals surface area contributed by atoms with E-state index in [1.54, 1.807) is 12.1 Å². The Balaban J connectivity index is 2.20. The highest BCUT2D eigenvalue weighted by Gasteiger charge is 2.16. The number of rotatable bonds is 4. The Morgan fingerprint density at radius 1 is 1.53 bits per heavy atom. The third-order valence-electron chi connectivity index (χ3n) is 3.20. The van der Waals surface area contributed by atoms with E-state index in [1.807, 2.05) is 25.6 Å². The van der Waals surface area contributed by atoms with Crippen molar-refractivity contribution in [3.63, 3.8) is 0 Å². The van der Waals surface area contributed by atoms with Crippen LogP contribution in [0.25, 0.3) is 0 Å². The molecule has 1 aromatic heterocycles. The van der Waals surface area contributed by atoms with Gasteiger partial charge in [0.1, 0.15) is 5.82 Å². The fraction of sp³-hybridized carbons (Fsp3) is 0.571. The van der Waals surface area contributed by atoms with Crippen LogP contribution in [-0.2, 0) is 0 Å². The van der Waals surface area contributed by atoms with Crippen LogP contribution in [0, 0.1) is 0 Å². The Labute approximate surface area is 118 Å². The summed E-state index contributed by atoms with van der Waals surface area (Å²) >= 11 is 1.94. The molecule has 0 saturated carbocycles. The van der Waals surface area contributed by atoms with Gasteiger partial charge in [0, 0.05) is 17.5 Å². The Kier molecular flexibility index (Phi) is 4.69. The number of carbonyl (C=O) groups is 1. The van der Waals surface area contributed by atoms with Gasteiger partial charge < -0.3 is 10.4 Å². The highest BCUT2D eigenvalue weighted by Crippen LogP contribution is 2.22. The third-order valence-corrected chi connectivity index (χ3v) is 4.41. The van der Waals surface area contributed by atoms with E-state index < -0.39 is 5.97 Å². The fourth-order valence-electron chi connectivity index (χ4n) is 2.11. The lowest BCUT2D eigenvalue weighted by Gasteiger charge is -2.23. The molecule has 19 heavy (non-hydrogen) atoms. The van der Waals surface area contributed by atoms with Gasteiger partial charge in [0.2, 0.25) is 0 Å². The summed E-state index contributed by atoms with van der Waals surface area (Å²) < 4.78 is 0. The Morgan fingerprint density at radius 3 is 2.89 bits per heavy atom. The number of pyridine rings is 1. The molecule has 2 rings (SSSR count). The van der Waals surface area contributed by atoms with E-state index in [9.17, 15) is 4.79 Å². The number of carboxylic acids is 1. The Bertz CT molecular complexity index is 457. The summed E-state index contributed by atoms with van der Waals surface area (Å²) in [7, 11) is 0. The molecule has 0 aliphatic carbocycles. The molecule has 2 heterocycles. The lowest BCUT2D eigenvalue weighted by atomic mass is 10.1. The molecule has 0 radical (unpaired) electrons. The van der Waals surface area contributed by atoms with Crippen molar-refractivity contribution < 1.29 is 9.90 Å². The standard InChI is InChI=1S/C14H20N2O2S/c1-9(2)12-6-10(14(17)18)7-13(16-12)15-11-4-3-5-19-8-11/h6-7,9,11H,3-5,8H2,1-2H3,(H,15,16)(H,17,18). The predicted molar refractivity (Wildman–Crippen MR) is 79.3 cm³/mol. The number of nitrogens with zero attached hydrogens (tertiary/aromatic N) is 1. The number of hydrogen-bond acceptors (Lipinski definition) is 4. The van der Waals surface area contributed by atoms with Gasteiger partial charge in [0.25, 0.3) is 0 Å². The molecule has 5 heteroatoms. The van der Waals surface area contributed by atoms with Crippen LogP contribution in [0.4, 0.5) is 5.82 Å². The molecular formula is C14H20N2O2S. The summed E-state index contributed by atoms with van der Waals surface area (Å²) in [6.45, 7) is 4.04. The van der Waals surface area contributed by atoms with Gasteiger partial charge in [-0.2, -0.15) is 11.8 Å². The molecule has 0 amide bonds. The molecule has 1 aromatic rings. The molecule has 1 aliphatic heterocycles. The van der Waals surface area contributed by atoms with Gasteiger partial charge in [-0.3, -0.25) is 0 Å². The number of carboxylic acid groups (broad SMARTS) is 1. The highest BCUT2D eigenvalue weighted by atomic mass is 32.2. The largest absolute Gasteiger partial charge is 0.478 e. The maximum absolute atomic E-state index is 11.2. The number of aromatic nitrogens is 1. The number of anilines is 1. The predicted octanol–water partition coefficient (Wildman–Crippen LogP) is 3.21. The van der Waals surface area contributed by atoms with Crippen LogP contribution in [0.5, 0.6) is 0 Å². The first kappa shape index (κ1) is 14.2. The third kappa shape index (κ3) is 3.86. The minimum absolute atomic E-state index is 0.223. The summed E-state index contributed by atoms with van der Waals surface area (Å²) in [6.07, 6.45) is 2.33. The topological polar surface area (TPSA) is 62.2 Å². The van der Waals surface area contributed by atoms with Crippen LogP contribution in [0.15, 0.2) is 12.1 Å². The molecule has 104 valence electrons. The zero-order chi connectivity index (χ0) is 13.8. The van der Waals surface area contributed by atoms with Crippen molar-refractivity contribution in [2.45, 2.75) is 38.6 Å². The van der Waals surface area contributed by atoms with Gasteiger partial charge in [-0.15, -0.1) is 0 Å². The quantitative estimate of drug-likeness (QED) is 0.886. The van der Waals surface area contributed by atoms with Crippen LogP contribution in [0.3, 0.4) is 0 Å². The number of thioether (sulfide) groups is 1. The van der Waals surface area contributed by atoms with Crippen molar-refractivity contribution >= 4 is 23.5 Å². The highest BCUT2D eigenvalue weighted by molar-refractivity contribution is 7.99. The normalized spacial score (nSPS) is 19.4. The second kappa shape index (κ2) is 6.28. The zero-order valence-corrected chi connectivity index (χ0v) is 12.2. The molecule has 1 aliphatic rings. The van der Waals surface area contributed by atoms with Gasteiger partial charge in [-0.25, -0.2) is 9.78 Å². The van der Waals surface area contributed by atoms with E-state index in [1.165, 1.54) is 12.2 Å². The van der Waals surface area contributed by atoms with E-state index in [0.717, 1.165) is 17.9 Å². The monoisotopic (exact) mass is 280 g/mol. The second-order valence-electron chi connectivity index (χ2n) is 5.18. The SMILES string of the molecule is CC(C)c1cc(C(=O)O)cc(NC2CCCSC2)n1. The maximum Gasteiger partial charge on any atom is 0.335 e. The average Bonchev–Trinajstić information content (AvgIpc) is 2.39. The van der Waals surface area contributed by atoms with Crippen LogP contribution < -0.4 is 5.32 Å². The van der Waals surface area contributed by atoms with Gasteiger partial charge in [-0.05, 0) is 36.6 Å². The first-order valence-corrected chi connectivity index (χ1v) is 7.81. The number of aromatic carboxylic acids is 1. The summed E-state index contributed by atoms with van der Waals surface area (Å²) in [5.74, 6) is 2.30. The van der Waals surface area contributed by atoms with Crippen LogP contribution >= 0.6 is 11.8 Å².